The van der Waals surface area contributed by atoms with Gasteiger partial charge in [0.25, 0.3) is 0 Å². The summed E-state index contributed by atoms with van der Waals surface area (Å²) in [4.78, 5) is 0. The summed E-state index contributed by atoms with van der Waals surface area (Å²) in [6, 6.07) is 9.03. The average molecular weight is 219 g/mol. The van der Waals surface area contributed by atoms with Crippen LogP contribution in [0.2, 0.25) is 0 Å². The van der Waals surface area contributed by atoms with Gasteiger partial charge in [0.05, 0.1) is 0 Å². The molecule has 1 heteroatoms. The summed E-state index contributed by atoms with van der Waals surface area (Å²) in [5.74, 6) is 0. The predicted molar refractivity (Wildman–Crippen MR) is 71.6 cm³/mol. The summed E-state index contributed by atoms with van der Waals surface area (Å²) in [5.41, 5.74) is 8.82. The lowest BCUT2D eigenvalue weighted by Gasteiger charge is -2.17. The average Bonchev–Trinajstić information content (AvgIpc) is 2.19. The molecule has 0 saturated carbocycles. The van der Waals surface area contributed by atoms with Crippen LogP contribution in [0.5, 0.6) is 0 Å². The minimum absolute atomic E-state index is 0.0256. The second-order valence-corrected chi connectivity index (χ2v) is 5.41. The van der Waals surface area contributed by atoms with E-state index in [0.717, 1.165) is 12.8 Å². The van der Waals surface area contributed by atoms with Gasteiger partial charge < -0.3 is 5.73 Å². The maximum Gasteiger partial charge on any atom is 0.00971 e. The van der Waals surface area contributed by atoms with Crippen LogP contribution in [-0.4, -0.2) is 5.54 Å². The third-order valence-corrected chi connectivity index (χ3v) is 2.85. The van der Waals surface area contributed by atoms with Crippen LogP contribution >= 0.6 is 0 Å². The number of hydrogen-bond donors (Lipinski definition) is 1. The van der Waals surface area contributed by atoms with E-state index < -0.39 is 0 Å². The van der Waals surface area contributed by atoms with E-state index in [9.17, 15) is 0 Å². The molecule has 16 heavy (non-hydrogen) atoms. The Kier molecular flexibility index (Phi) is 5.01. The van der Waals surface area contributed by atoms with Gasteiger partial charge in [-0.3, -0.25) is 0 Å². The molecule has 2 N–H and O–H groups in total. The lowest BCUT2D eigenvalue weighted by molar-refractivity contribution is 0.459. The van der Waals surface area contributed by atoms with E-state index in [1.165, 1.54) is 30.4 Å². The quantitative estimate of drug-likeness (QED) is 0.775. The number of nitrogens with two attached hydrogens (primary N) is 1. The molecular weight excluding hydrogens is 194 g/mol. The van der Waals surface area contributed by atoms with Crippen LogP contribution in [0.1, 0.15) is 51.2 Å². The van der Waals surface area contributed by atoms with Gasteiger partial charge in [-0.05, 0) is 50.7 Å². The second-order valence-electron chi connectivity index (χ2n) is 5.41. The van der Waals surface area contributed by atoms with Gasteiger partial charge in [0.1, 0.15) is 0 Å². The molecule has 0 unspecified atom stereocenters. The fraction of sp³-hybridized carbons (Fsp3) is 0.600. The highest BCUT2D eigenvalue weighted by molar-refractivity contribution is 5.22. The lowest BCUT2D eigenvalue weighted by Crippen LogP contribution is -2.31. The minimum Gasteiger partial charge on any atom is -0.326 e. The van der Waals surface area contributed by atoms with Crippen LogP contribution in [0.25, 0.3) is 0 Å². The molecule has 0 atom stereocenters. The highest BCUT2D eigenvalue weighted by atomic mass is 14.7. The van der Waals surface area contributed by atoms with Crippen molar-refractivity contribution in [1.29, 1.82) is 0 Å². The van der Waals surface area contributed by atoms with Crippen molar-refractivity contribution in [3.05, 3.63) is 35.4 Å². The lowest BCUT2D eigenvalue weighted by atomic mass is 9.96. The number of hydrogen-bond acceptors (Lipinski definition) is 1. The molecule has 0 radical (unpaired) electrons. The van der Waals surface area contributed by atoms with Crippen LogP contribution < -0.4 is 5.73 Å². The molecule has 0 heterocycles. The van der Waals surface area contributed by atoms with Gasteiger partial charge in [0.15, 0.2) is 0 Å². The molecule has 0 aliphatic heterocycles. The van der Waals surface area contributed by atoms with Gasteiger partial charge >= 0.3 is 0 Å². The van der Waals surface area contributed by atoms with Crippen LogP contribution in [0.3, 0.4) is 0 Å². The summed E-state index contributed by atoms with van der Waals surface area (Å²) >= 11 is 0. The second kappa shape index (κ2) is 6.05. The maximum absolute atomic E-state index is 5.96. The zero-order chi connectivity index (χ0) is 12.0. The van der Waals surface area contributed by atoms with E-state index in [1.54, 1.807) is 0 Å². The SMILES string of the molecule is CCCc1ccc(CCCC(C)(C)N)cc1. The van der Waals surface area contributed by atoms with Gasteiger partial charge in [-0.1, -0.05) is 37.6 Å². The molecule has 0 aliphatic carbocycles. The first kappa shape index (κ1) is 13.2. The van der Waals surface area contributed by atoms with Gasteiger partial charge in [-0.15, -0.1) is 0 Å². The molecular formula is C15H25N. The molecule has 1 aromatic rings. The van der Waals surface area contributed by atoms with Crippen molar-refractivity contribution in [2.45, 2.75) is 58.4 Å². The molecule has 1 aromatic carbocycles. The molecule has 1 rings (SSSR count). The Bertz CT molecular complexity index is 292. The van der Waals surface area contributed by atoms with Gasteiger partial charge in [0, 0.05) is 5.54 Å². The van der Waals surface area contributed by atoms with Crippen LogP contribution in [0, 0.1) is 0 Å². The Labute approximate surface area is 100 Å². The van der Waals surface area contributed by atoms with E-state index in [1.807, 2.05) is 0 Å². The van der Waals surface area contributed by atoms with E-state index in [0.29, 0.717) is 0 Å². The fourth-order valence-electron chi connectivity index (χ4n) is 1.91. The minimum atomic E-state index is -0.0256. The van der Waals surface area contributed by atoms with Crippen molar-refractivity contribution in [2.75, 3.05) is 0 Å². The van der Waals surface area contributed by atoms with Crippen LogP contribution in [0.4, 0.5) is 0 Å². The molecule has 0 fully saturated rings. The molecule has 90 valence electrons. The Morgan fingerprint density at radius 3 is 1.94 bits per heavy atom. The third-order valence-electron chi connectivity index (χ3n) is 2.85. The monoisotopic (exact) mass is 219 g/mol. The largest absolute Gasteiger partial charge is 0.326 e. The Morgan fingerprint density at radius 1 is 1.00 bits per heavy atom. The van der Waals surface area contributed by atoms with Crippen LogP contribution in [-0.2, 0) is 12.8 Å². The Hall–Kier alpha value is -0.820. The number of aryl methyl sites for hydroxylation is 2. The highest BCUT2D eigenvalue weighted by Gasteiger charge is 2.09. The topological polar surface area (TPSA) is 26.0 Å². The fourth-order valence-corrected chi connectivity index (χ4v) is 1.91. The van der Waals surface area contributed by atoms with Crippen molar-refractivity contribution < 1.29 is 0 Å². The van der Waals surface area contributed by atoms with Gasteiger partial charge in [-0.2, -0.15) is 0 Å². The summed E-state index contributed by atoms with van der Waals surface area (Å²) in [5, 5.41) is 0. The van der Waals surface area contributed by atoms with E-state index >= 15 is 0 Å². The molecule has 1 nitrogen and oxygen atoms in total. The summed E-state index contributed by atoms with van der Waals surface area (Å²) < 4.78 is 0. The normalized spacial score (nSPS) is 11.8. The zero-order valence-electron chi connectivity index (χ0n) is 10.9. The molecule has 0 aliphatic rings. The Morgan fingerprint density at radius 2 is 1.50 bits per heavy atom. The molecule has 0 bridgehead atoms. The maximum atomic E-state index is 5.96. The van der Waals surface area contributed by atoms with Crippen LogP contribution in [0.15, 0.2) is 24.3 Å². The van der Waals surface area contributed by atoms with E-state index in [4.69, 9.17) is 5.73 Å². The Balaban J connectivity index is 2.37. The molecule has 0 spiro atoms. The first-order valence-electron chi connectivity index (χ1n) is 6.38. The molecule has 0 aromatic heterocycles. The third kappa shape index (κ3) is 5.32. The smallest absolute Gasteiger partial charge is 0.00971 e. The zero-order valence-corrected chi connectivity index (χ0v) is 10.9. The first-order chi connectivity index (χ1) is 7.51. The number of rotatable bonds is 6. The molecule has 0 amide bonds. The van der Waals surface area contributed by atoms with E-state index in [-0.39, 0.29) is 5.54 Å². The van der Waals surface area contributed by atoms with Crippen molar-refractivity contribution in [3.63, 3.8) is 0 Å². The van der Waals surface area contributed by atoms with Crippen molar-refractivity contribution in [1.82, 2.24) is 0 Å². The summed E-state index contributed by atoms with van der Waals surface area (Å²) in [6.45, 7) is 6.41. The summed E-state index contributed by atoms with van der Waals surface area (Å²) in [7, 11) is 0. The number of benzene rings is 1. The van der Waals surface area contributed by atoms with E-state index in [2.05, 4.69) is 45.0 Å². The predicted octanol–water partition coefficient (Wildman–Crippen LogP) is 3.70. The summed E-state index contributed by atoms with van der Waals surface area (Å²) in [6.07, 6.45) is 5.82. The van der Waals surface area contributed by atoms with Gasteiger partial charge in [0.2, 0.25) is 0 Å². The van der Waals surface area contributed by atoms with Crippen molar-refractivity contribution in [3.8, 4) is 0 Å². The molecule has 0 saturated heterocycles. The van der Waals surface area contributed by atoms with Gasteiger partial charge in [-0.25, -0.2) is 0 Å². The highest BCUT2D eigenvalue weighted by Crippen LogP contribution is 2.13. The first-order valence-corrected chi connectivity index (χ1v) is 6.38. The standard InChI is InChI=1S/C15H25N/c1-4-6-13-8-10-14(11-9-13)7-5-12-15(2,3)16/h8-11H,4-7,12,16H2,1-3H3. The van der Waals surface area contributed by atoms with Crippen molar-refractivity contribution in [2.24, 2.45) is 5.73 Å². The van der Waals surface area contributed by atoms with Crippen molar-refractivity contribution >= 4 is 0 Å².